The molecule has 0 saturated carbocycles. The SMILES string of the molecule is CC(=O)c1ccc(S(=O)(=O)NCC2(c3ccc(F)cc3)CCOCC2)cc1. The van der Waals surface area contributed by atoms with Crippen LogP contribution in [0, 0.1) is 5.82 Å². The quantitative estimate of drug-likeness (QED) is 0.768. The van der Waals surface area contributed by atoms with Gasteiger partial charge in [-0.05, 0) is 49.6 Å². The highest BCUT2D eigenvalue weighted by molar-refractivity contribution is 7.89. The molecule has 27 heavy (non-hydrogen) atoms. The van der Waals surface area contributed by atoms with E-state index in [9.17, 15) is 17.6 Å². The maximum absolute atomic E-state index is 13.3. The second-order valence-electron chi connectivity index (χ2n) is 6.80. The molecule has 1 heterocycles. The van der Waals surface area contributed by atoms with Crippen LogP contribution in [-0.4, -0.2) is 34.0 Å². The summed E-state index contributed by atoms with van der Waals surface area (Å²) in [6.07, 6.45) is 1.29. The van der Waals surface area contributed by atoms with Crippen LogP contribution in [-0.2, 0) is 20.2 Å². The molecule has 0 aliphatic carbocycles. The number of ether oxygens (including phenoxy) is 1. The minimum atomic E-state index is -3.73. The first-order valence-corrected chi connectivity index (χ1v) is 10.3. The molecule has 0 amide bonds. The first-order valence-electron chi connectivity index (χ1n) is 8.77. The van der Waals surface area contributed by atoms with Crippen LogP contribution in [0.15, 0.2) is 53.4 Å². The summed E-state index contributed by atoms with van der Waals surface area (Å²) in [4.78, 5) is 11.5. The van der Waals surface area contributed by atoms with Crippen molar-refractivity contribution in [2.75, 3.05) is 19.8 Å². The third-order valence-corrected chi connectivity index (χ3v) is 6.50. The fourth-order valence-electron chi connectivity index (χ4n) is 3.32. The van der Waals surface area contributed by atoms with Crippen LogP contribution >= 0.6 is 0 Å². The van der Waals surface area contributed by atoms with Crippen LogP contribution in [0.5, 0.6) is 0 Å². The van der Waals surface area contributed by atoms with Gasteiger partial charge in [0.05, 0.1) is 4.90 Å². The molecule has 1 N–H and O–H groups in total. The number of sulfonamides is 1. The highest BCUT2D eigenvalue weighted by Crippen LogP contribution is 2.34. The summed E-state index contributed by atoms with van der Waals surface area (Å²) < 4.78 is 46.8. The molecule has 0 atom stereocenters. The lowest BCUT2D eigenvalue weighted by molar-refractivity contribution is 0.0517. The van der Waals surface area contributed by atoms with Gasteiger partial charge in [0.15, 0.2) is 5.78 Å². The minimum Gasteiger partial charge on any atom is -0.381 e. The average molecular weight is 391 g/mol. The van der Waals surface area contributed by atoms with E-state index in [-0.39, 0.29) is 23.0 Å². The number of benzene rings is 2. The number of hydrogen-bond donors (Lipinski definition) is 1. The Labute approximate surface area is 158 Å². The Hall–Kier alpha value is -2.09. The smallest absolute Gasteiger partial charge is 0.240 e. The van der Waals surface area contributed by atoms with Gasteiger partial charge >= 0.3 is 0 Å². The molecule has 2 aromatic carbocycles. The highest BCUT2D eigenvalue weighted by Gasteiger charge is 2.35. The van der Waals surface area contributed by atoms with Crippen molar-refractivity contribution >= 4 is 15.8 Å². The van der Waals surface area contributed by atoms with E-state index < -0.39 is 15.4 Å². The average Bonchev–Trinajstić information content (AvgIpc) is 2.68. The first-order chi connectivity index (χ1) is 12.8. The number of nitrogens with one attached hydrogen (secondary N) is 1. The summed E-state index contributed by atoms with van der Waals surface area (Å²) in [5.41, 5.74) is 0.904. The zero-order valence-corrected chi connectivity index (χ0v) is 15.9. The number of hydrogen-bond acceptors (Lipinski definition) is 4. The second-order valence-corrected chi connectivity index (χ2v) is 8.57. The summed E-state index contributed by atoms with van der Waals surface area (Å²) in [5, 5.41) is 0. The number of halogens is 1. The Balaban J connectivity index is 1.82. The van der Waals surface area contributed by atoms with Crippen molar-refractivity contribution in [2.45, 2.75) is 30.1 Å². The lowest BCUT2D eigenvalue weighted by Gasteiger charge is -2.37. The number of rotatable bonds is 6. The van der Waals surface area contributed by atoms with Gasteiger partial charge in [-0.15, -0.1) is 0 Å². The summed E-state index contributed by atoms with van der Waals surface area (Å²) in [6.45, 7) is 2.66. The molecule has 3 rings (SSSR count). The molecule has 0 radical (unpaired) electrons. The lowest BCUT2D eigenvalue weighted by atomic mass is 9.74. The van der Waals surface area contributed by atoms with Crippen molar-refractivity contribution in [3.63, 3.8) is 0 Å². The molecule has 0 bridgehead atoms. The molecule has 7 heteroatoms. The van der Waals surface area contributed by atoms with Gasteiger partial charge in [0.1, 0.15) is 5.82 Å². The van der Waals surface area contributed by atoms with Gasteiger partial charge in [0.2, 0.25) is 10.0 Å². The predicted octanol–water partition coefficient (Wildman–Crippen LogP) is 3.06. The second kappa shape index (κ2) is 7.88. The van der Waals surface area contributed by atoms with E-state index >= 15 is 0 Å². The summed E-state index contributed by atoms with van der Waals surface area (Å²) in [7, 11) is -3.73. The Morgan fingerprint density at radius 2 is 1.67 bits per heavy atom. The van der Waals surface area contributed by atoms with Crippen molar-refractivity contribution < 1.29 is 22.3 Å². The van der Waals surface area contributed by atoms with Crippen molar-refractivity contribution in [1.29, 1.82) is 0 Å². The van der Waals surface area contributed by atoms with E-state index in [1.165, 1.54) is 43.3 Å². The predicted molar refractivity (Wildman–Crippen MR) is 99.8 cm³/mol. The molecule has 144 valence electrons. The number of carbonyl (C=O) groups is 1. The lowest BCUT2D eigenvalue weighted by Crippen LogP contribution is -2.44. The van der Waals surface area contributed by atoms with Gasteiger partial charge in [-0.25, -0.2) is 17.5 Å². The Morgan fingerprint density at radius 1 is 1.07 bits per heavy atom. The van der Waals surface area contributed by atoms with Crippen LogP contribution in [0.25, 0.3) is 0 Å². The molecular formula is C20H22FNO4S. The van der Waals surface area contributed by atoms with Crippen LogP contribution in [0.2, 0.25) is 0 Å². The van der Waals surface area contributed by atoms with Crippen molar-refractivity contribution in [3.8, 4) is 0 Å². The van der Waals surface area contributed by atoms with Crippen LogP contribution < -0.4 is 4.72 Å². The fourth-order valence-corrected chi connectivity index (χ4v) is 4.45. The highest BCUT2D eigenvalue weighted by atomic mass is 32.2. The zero-order valence-electron chi connectivity index (χ0n) is 15.1. The molecule has 0 aromatic heterocycles. The molecule has 1 saturated heterocycles. The number of Topliss-reactive ketones (excluding diaryl/α,β-unsaturated/α-hetero) is 1. The number of ketones is 1. The maximum atomic E-state index is 13.3. The van der Waals surface area contributed by atoms with E-state index in [0.717, 1.165) is 5.56 Å². The molecule has 2 aromatic rings. The van der Waals surface area contributed by atoms with Crippen molar-refractivity contribution in [1.82, 2.24) is 4.72 Å². The van der Waals surface area contributed by atoms with E-state index in [1.807, 2.05) is 0 Å². The molecule has 1 fully saturated rings. The van der Waals surface area contributed by atoms with Gasteiger partial charge in [-0.3, -0.25) is 4.79 Å². The third kappa shape index (κ3) is 4.43. The summed E-state index contributed by atoms with van der Waals surface area (Å²) in [6, 6.07) is 12.0. The van der Waals surface area contributed by atoms with Crippen LogP contribution in [0.1, 0.15) is 35.7 Å². The van der Waals surface area contributed by atoms with Gasteiger partial charge < -0.3 is 4.74 Å². The maximum Gasteiger partial charge on any atom is 0.240 e. The topological polar surface area (TPSA) is 72.5 Å². The molecule has 1 aliphatic rings. The van der Waals surface area contributed by atoms with Crippen LogP contribution in [0.4, 0.5) is 4.39 Å². The molecule has 5 nitrogen and oxygen atoms in total. The van der Waals surface area contributed by atoms with E-state index in [1.54, 1.807) is 12.1 Å². The third-order valence-electron chi connectivity index (χ3n) is 5.08. The fraction of sp³-hybridized carbons (Fsp3) is 0.350. The van der Waals surface area contributed by atoms with Crippen molar-refractivity contribution in [2.24, 2.45) is 0 Å². The van der Waals surface area contributed by atoms with Gasteiger partial charge in [-0.2, -0.15) is 0 Å². The van der Waals surface area contributed by atoms with Gasteiger partial charge in [0, 0.05) is 30.7 Å². The van der Waals surface area contributed by atoms with E-state index in [0.29, 0.717) is 31.6 Å². The first kappa shape index (κ1) is 19.7. The van der Waals surface area contributed by atoms with Gasteiger partial charge in [0.25, 0.3) is 0 Å². The van der Waals surface area contributed by atoms with Crippen LogP contribution in [0.3, 0.4) is 0 Å². The van der Waals surface area contributed by atoms with Crippen molar-refractivity contribution in [3.05, 3.63) is 65.5 Å². The largest absolute Gasteiger partial charge is 0.381 e. The monoisotopic (exact) mass is 391 g/mol. The minimum absolute atomic E-state index is 0.105. The molecule has 0 unspecified atom stereocenters. The standard InChI is InChI=1S/C20H22FNO4S/c1-15(23)16-2-8-19(9-3-16)27(24,25)22-14-20(10-12-26-13-11-20)17-4-6-18(21)7-5-17/h2-9,22H,10-14H2,1H3. The summed E-state index contributed by atoms with van der Waals surface area (Å²) >= 11 is 0. The molecular weight excluding hydrogens is 369 g/mol. The Kier molecular flexibility index (Phi) is 5.74. The Morgan fingerprint density at radius 3 is 2.22 bits per heavy atom. The Bertz CT molecular complexity index is 902. The normalized spacial score (nSPS) is 16.8. The molecule has 1 aliphatic heterocycles. The van der Waals surface area contributed by atoms with E-state index in [2.05, 4.69) is 4.72 Å². The van der Waals surface area contributed by atoms with E-state index in [4.69, 9.17) is 4.74 Å². The number of carbonyl (C=O) groups excluding carboxylic acids is 1. The van der Waals surface area contributed by atoms with Gasteiger partial charge in [-0.1, -0.05) is 24.3 Å². The zero-order chi connectivity index (χ0) is 19.5. The molecule has 0 spiro atoms. The summed E-state index contributed by atoms with van der Waals surface area (Å²) in [5.74, 6) is -0.448.